The van der Waals surface area contributed by atoms with Crippen LogP contribution in [0.1, 0.15) is 49.4 Å². The highest BCUT2D eigenvalue weighted by atomic mass is 79.9. The molecular weight excluding hydrogens is 494 g/mol. The Morgan fingerprint density at radius 1 is 1.03 bits per heavy atom. The zero-order valence-electron chi connectivity index (χ0n) is 19.3. The Morgan fingerprint density at radius 3 is 2.41 bits per heavy atom. The number of carbonyl (C=O) groups excluding carboxylic acids is 2. The lowest BCUT2D eigenvalue weighted by Gasteiger charge is -2.25. The quantitative estimate of drug-likeness (QED) is 0.226. The van der Waals surface area contributed by atoms with E-state index in [1.807, 2.05) is 69.3 Å². The van der Waals surface area contributed by atoms with Crippen LogP contribution in [0, 0.1) is 0 Å². The number of nitrogens with zero attached hydrogens (tertiary/aromatic N) is 1. The summed E-state index contributed by atoms with van der Waals surface area (Å²) < 4.78 is 6.53. The Hall–Kier alpha value is -3.38. The molecule has 0 saturated carbocycles. The van der Waals surface area contributed by atoms with Crippen molar-refractivity contribution in [2.75, 3.05) is 11.5 Å². The second kappa shape index (κ2) is 9.85. The largest absolute Gasteiger partial charge is 0.507 e. The molecule has 0 aliphatic carbocycles. The summed E-state index contributed by atoms with van der Waals surface area (Å²) in [5.41, 5.74) is 2.76. The Bertz CT molecular complexity index is 1270. The van der Waals surface area contributed by atoms with Crippen molar-refractivity contribution < 1.29 is 19.4 Å². The summed E-state index contributed by atoms with van der Waals surface area (Å²) in [6, 6.07) is 21.1. The van der Waals surface area contributed by atoms with E-state index < -0.39 is 17.7 Å². The minimum Gasteiger partial charge on any atom is -0.507 e. The average Bonchev–Trinajstić information content (AvgIpc) is 3.10. The number of ether oxygens (including phenoxy) is 1. The predicted molar refractivity (Wildman–Crippen MR) is 137 cm³/mol. The number of hydrogen-bond donors (Lipinski definition) is 1. The number of halogens is 1. The molecule has 1 fully saturated rings. The van der Waals surface area contributed by atoms with Crippen molar-refractivity contribution >= 4 is 39.1 Å². The van der Waals surface area contributed by atoms with Gasteiger partial charge in [-0.05, 0) is 60.4 Å². The number of hydrogen-bond acceptors (Lipinski definition) is 4. The van der Waals surface area contributed by atoms with Gasteiger partial charge in [-0.3, -0.25) is 14.5 Å². The van der Waals surface area contributed by atoms with E-state index in [0.717, 1.165) is 21.3 Å². The van der Waals surface area contributed by atoms with E-state index in [0.29, 0.717) is 17.9 Å². The van der Waals surface area contributed by atoms with E-state index in [1.54, 1.807) is 24.3 Å². The van der Waals surface area contributed by atoms with Crippen LogP contribution in [0.25, 0.3) is 5.76 Å². The third-order valence-corrected chi connectivity index (χ3v) is 6.34. The van der Waals surface area contributed by atoms with Gasteiger partial charge in [-0.25, -0.2) is 0 Å². The van der Waals surface area contributed by atoms with Gasteiger partial charge in [-0.2, -0.15) is 0 Å². The van der Waals surface area contributed by atoms with E-state index >= 15 is 0 Å². The number of anilines is 1. The van der Waals surface area contributed by atoms with Crippen LogP contribution in [0.4, 0.5) is 5.69 Å². The maximum Gasteiger partial charge on any atom is 0.300 e. The van der Waals surface area contributed by atoms with Crippen molar-refractivity contribution in [1.82, 2.24) is 0 Å². The van der Waals surface area contributed by atoms with Crippen LogP contribution in [0.15, 0.2) is 82.8 Å². The maximum absolute atomic E-state index is 13.3. The number of aliphatic hydroxyl groups is 1. The van der Waals surface area contributed by atoms with Crippen LogP contribution in [-0.2, 0) is 9.59 Å². The lowest BCUT2D eigenvalue weighted by Crippen LogP contribution is -2.29. The topological polar surface area (TPSA) is 66.8 Å². The number of benzene rings is 3. The van der Waals surface area contributed by atoms with Crippen molar-refractivity contribution in [3.8, 4) is 5.75 Å². The van der Waals surface area contributed by atoms with E-state index in [2.05, 4.69) is 15.9 Å². The number of Topliss-reactive ketones (excluding diaryl/α,β-unsaturated/α-hetero) is 1. The molecule has 1 saturated heterocycles. The Kier molecular flexibility index (Phi) is 6.89. The number of ketones is 1. The Labute approximate surface area is 207 Å². The molecule has 0 aromatic heterocycles. The smallest absolute Gasteiger partial charge is 0.300 e. The Balaban J connectivity index is 1.92. The van der Waals surface area contributed by atoms with Crippen molar-refractivity contribution in [1.29, 1.82) is 0 Å². The standard InChI is InChI=1S/C28H26BrNO4/c1-4-34-23-14-13-19(15-22(23)17(2)3)26(31)24-25(18-9-6-5-7-10-18)30(28(33)27(24)32)21-12-8-11-20(29)16-21/h5-17,25,31H,4H2,1-3H3/b26-24-. The molecule has 0 spiro atoms. The molecule has 0 radical (unpaired) electrons. The van der Waals surface area contributed by atoms with Gasteiger partial charge in [0, 0.05) is 15.7 Å². The predicted octanol–water partition coefficient (Wildman–Crippen LogP) is 6.60. The molecule has 1 atom stereocenters. The molecule has 1 heterocycles. The molecule has 1 N–H and O–H groups in total. The van der Waals surface area contributed by atoms with Crippen molar-refractivity contribution in [3.05, 3.63) is 99.5 Å². The zero-order chi connectivity index (χ0) is 24.4. The molecule has 174 valence electrons. The average molecular weight is 520 g/mol. The van der Waals surface area contributed by atoms with Gasteiger partial charge in [0.25, 0.3) is 11.7 Å². The highest BCUT2D eigenvalue weighted by Gasteiger charge is 2.47. The first-order valence-electron chi connectivity index (χ1n) is 11.2. The zero-order valence-corrected chi connectivity index (χ0v) is 20.9. The molecule has 3 aromatic rings. The highest BCUT2D eigenvalue weighted by molar-refractivity contribution is 9.10. The number of amides is 1. The first kappa shape index (κ1) is 23.8. The minimum atomic E-state index is -0.760. The highest BCUT2D eigenvalue weighted by Crippen LogP contribution is 2.43. The van der Waals surface area contributed by atoms with Crippen LogP contribution in [0.3, 0.4) is 0 Å². The van der Waals surface area contributed by atoms with E-state index in [-0.39, 0.29) is 17.3 Å². The van der Waals surface area contributed by atoms with E-state index in [9.17, 15) is 14.7 Å². The molecule has 6 heteroatoms. The molecule has 1 aliphatic heterocycles. The summed E-state index contributed by atoms with van der Waals surface area (Å²) >= 11 is 3.45. The summed E-state index contributed by atoms with van der Waals surface area (Å²) in [5.74, 6) is -0.712. The van der Waals surface area contributed by atoms with Crippen LogP contribution >= 0.6 is 15.9 Å². The summed E-state index contributed by atoms with van der Waals surface area (Å²) in [7, 11) is 0. The molecule has 1 amide bonds. The van der Waals surface area contributed by atoms with Crippen molar-refractivity contribution in [2.24, 2.45) is 0 Å². The van der Waals surface area contributed by atoms with Gasteiger partial charge >= 0.3 is 0 Å². The first-order valence-corrected chi connectivity index (χ1v) is 12.0. The van der Waals surface area contributed by atoms with Crippen molar-refractivity contribution in [3.63, 3.8) is 0 Å². The fourth-order valence-corrected chi connectivity index (χ4v) is 4.65. The number of rotatable bonds is 6. The van der Waals surface area contributed by atoms with Crippen LogP contribution in [0.2, 0.25) is 0 Å². The lowest BCUT2D eigenvalue weighted by molar-refractivity contribution is -0.132. The fraction of sp³-hybridized carbons (Fsp3) is 0.214. The van der Waals surface area contributed by atoms with Crippen LogP contribution in [-0.4, -0.2) is 23.4 Å². The number of aliphatic hydroxyl groups excluding tert-OH is 1. The fourth-order valence-electron chi connectivity index (χ4n) is 4.26. The molecule has 1 unspecified atom stereocenters. The van der Waals surface area contributed by atoms with Gasteiger partial charge in [0.2, 0.25) is 0 Å². The minimum absolute atomic E-state index is 0.0649. The third-order valence-electron chi connectivity index (χ3n) is 5.85. The van der Waals surface area contributed by atoms with Gasteiger partial charge in [-0.15, -0.1) is 0 Å². The molecule has 5 nitrogen and oxygen atoms in total. The summed E-state index contributed by atoms with van der Waals surface area (Å²) in [6.07, 6.45) is 0. The SMILES string of the molecule is CCOc1ccc(/C(O)=C2/C(=O)C(=O)N(c3cccc(Br)c3)C2c2ccccc2)cc1C(C)C. The monoisotopic (exact) mass is 519 g/mol. The van der Waals surface area contributed by atoms with Gasteiger partial charge in [0.1, 0.15) is 11.5 Å². The molecule has 3 aromatic carbocycles. The normalized spacial score (nSPS) is 17.4. The molecule has 0 bridgehead atoms. The lowest BCUT2D eigenvalue weighted by atomic mass is 9.93. The van der Waals surface area contributed by atoms with Crippen LogP contribution < -0.4 is 9.64 Å². The van der Waals surface area contributed by atoms with Crippen molar-refractivity contribution in [2.45, 2.75) is 32.7 Å². The summed E-state index contributed by atoms with van der Waals surface area (Å²) in [4.78, 5) is 28.0. The summed E-state index contributed by atoms with van der Waals surface area (Å²) in [5, 5.41) is 11.4. The van der Waals surface area contributed by atoms with E-state index in [4.69, 9.17) is 4.74 Å². The maximum atomic E-state index is 13.3. The van der Waals surface area contributed by atoms with Gasteiger partial charge < -0.3 is 9.84 Å². The first-order chi connectivity index (χ1) is 16.3. The molecule has 1 aliphatic rings. The second-order valence-corrected chi connectivity index (χ2v) is 9.32. The Morgan fingerprint density at radius 2 is 1.76 bits per heavy atom. The van der Waals surface area contributed by atoms with Crippen LogP contribution in [0.5, 0.6) is 5.75 Å². The third kappa shape index (κ3) is 4.38. The number of carbonyl (C=O) groups is 2. The second-order valence-electron chi connectivity index (χ2n) is 8.40. The molecule has 4 rings (SSSR count). The van der Waals surface area contributed by atoms with Gasteiger partial charge in [0.15, 0.2) is 0 Å². The van der Waals surface area contributed by atoms with Gasteiger partial charge in [0.05, 0.1) is 18.2 Å². The molecule has 34 heavy (non-hydrogen) atoms. The van der Waals surface area contributed by atoms with Gasteiger partial charge in [-0.1, -0.05) is 66.2 Å². The van der Waals surface area contributed by atoms with E-state index in [1.165, 1.54) is 4.90 Å². The summed E-state index contributed by atoms with van der Waals surface area (Å²) in [6.45, 7) is 6.52. The molecular formula is C28H26BrNO4.